The Bertz CT molecular complexity index is 407. The van der Waals surface area contributed by atoms with Crippen molar-refractivity contribution in [3.63, 3.8) is 0 Å². The second-order valence-corrected chi connectivity index (χ2v) is 8.43. The molecular weight excluding hydrogens is 274 g/mol. The molecule has 1 saturated heterocycles. The fraction of sp³-hybridized carbons (Fsp3) is 0.944. The van der Waals surface area contributed by atoms with E-state index in [1.165, 1.54) is 25.7 Å². The fourth-order valence-corrected chi connectivity index (χ4v) is 4.97. The molecule has 4 aliphatic rings. The van der Waals surface area contributed by atoms with Crippen molar-refractivity contribution in [2.45, 2.75) is 39.5 Å². The van der Waals surface area contributed by atoms with Gasteiger partial charge >= 0.3 is 0 Å². The van der Waals surface area contributed by atoms with Crippen molar-refractivity contribution in [1.82, 2.24) is 15.1 Å². The summed E-state index contributed by atoms with van der Waals surface area (Å²) in [5.41, 5.74) is 0.517. The van der Waals surface area contributed by atoms with Crippen LogP contribution in [-0.2, 0) is 4.79 Å². The minimum Gasteiger partial charge on any atom is -0.355 e. The van der Waals surface area contributed by atoms with E-state index in [1.807, 2.05) is 0 Å². The summed E-state index contributed by atoms with van der Waals surface area (Å²) in [6.07, 6.45) is 5.24. The molecule has 1 aliphatic heterocycles. The van der Waals surface area contributed by atoms with Crippen LogP contribution in [-0.4, -0.2) is 62.0 Å². The average Bonchev–Trinajstić information content (AvgIpc) is 2.70. The highest BCUT2D eigenvalue weighted by atomic mass is 16.2. The first-order valence-corrected chi connectivity index (χ1v) is 9.14. The zero-order valence-electron chi connectivity index (χ0n) is 14.6. The Labute approximate surface area is 135 Å². The van der Waals surface area contributed by atoms with Crippen molar-refractivity contribution in [2.24, 2.45) is 23.2 Å². The molecule has 1 heterocycles. The smallest absolute Gasteiger partial charge is 0.234 e. The number of hydrogen-bond acceptors (Lipinski definition) is 3. The third-order valence-corrected chi connectivity index (χ3v) is 6.74. The molecule has 0 aromatic rings. The Morgan fingerprint density at radius 3 is 2.73 bits per heavy atom. The molecule has 3 aliphatic carbocycles. The quantitative estimate of drug-likeness (QED) is 0.860. The molecule has 3 saturated carbocycles. The van der Waals surface area contributed by atoms with Crippen LogP contribution in [0.5, 0.6) is 0 Å². The van der Waals surface area contributed by atoms with Gasteiger partial charge < -0.3 is 10.2 Å². The van der Waals surface area contributed by atoms with E-state index >= 15 is 0 Å². The van der Waals surface area contributed by atoms with Gasteiger partial charge in [-0.25, -0.2) is 0 Å². The lowest BCUT2D eigenvalue weighted by Gasteiger charge is -2.60. The highest BCUT2D eigenvalue weighted by Gasteiger charge is 2.53. The van der Waals surface area contributed by atoms with E-state index in [2.05, 4.69) is 36.0 Å². The molecule has 126 valence electrons. The monoisotopic (exact) mass is 307 g/mol. The summed E-state index contributed by atoms with van der Waals surface area (Å²) in [6, 6.07) is 0. The second kappa shape index (κ2) is 6.48. The first-order chi connectivity index (χ1) is 10.5. The Morgan fingerprint density at radius 2 is 2.00 bits per heavy atom. The standard InChI is InChI=1S/C18H33N3O/c1-18(2)15-6-5-14(16(18)11-15)12-19-17(22)13-21-8-4-7-20(3)9-10-21/h14-16H,4-13H2,1-3H3,(H,19,22)/t14-,15-,16-/m1/s1. The normalized spacial score (nSPS) is 35.5. The van der Waals surface area contributed by atoms with Crippen molar-refractivity contribution in [2.75, 3.05) is 46.3 Å². The van der Waals surface area contributed by atoms with Gasteiger partial charge in [-0.1, -0.05) is 13.8 Å². The summed E-state index contributed by atoms with van der Waals surface area (Å²) in [7, 11) is 2.17. The summed E-state index contributed by atoms with van der Waals surface area (Å²) >= 11 is 0. The van der Waals surface area contributed by atoms with Gasteiger partial charge in [0.2, 0.25) is 5.91 Å². The minimum absolute atomic E-state index is 0.226. The lowest BCUT2D eigenvalue weighted by molar-refractivity contribution is -0.125. The van der Waals surface area contributed by atoms with Crippen LogP contribution in [0.2, 0.25) is 0 Å². The molecule has 0 radical (unpaired) electrons. The summed E-state index contributed by atoms with van der Waals surface area (Å²) in [4.78, 5) is 16.9. The predicted molar refractivity (Wildman–Crippen MR) is 89.7 cm³/mol. The summed E-state index contributed by atoms with van der Waals surface area (Å²) < 4.78 is 0. The first kappa shape index (κ1) is 16.3. The number of rotatable bonds is 4. The third-order valence-electron chi connectivity index (χ3n) is 6.74. The molecule has 1 amide bonds. The number of hydrogen-bond donors (Lipinski definition) is 1. The van der Waals surface area contributed by atoms with E-state index in [0.717, 1.165) is 44.6 Å². The van der Waals surface area contributed by atoms with Gasteiger partial charge in [0.05, 0.1) is 6.54 Å². The molecule has 4 fully saturated rings. The van der Waals surface area contributed by atoms with Crippen LogP contribution >= 0.6 is 0 Å². The van der Waals surface area contributed by atoms with Gasteiger partial charge in [0.15, 0.2) is 0 Å². The van der Waals surface area contributed by atoms with Crippen LogP contribution in [0.25, 0.3) is 0 Å². The summed E-state index contributed by atoms with van der Waals surface area (Å²) in [5.74, 6) is 2.71. The number of nitrogens with one attached hydrogen (secondary N) is 1. The maximum atomic E-state index is 12.3. The predicted octanol–water partition coefficient (Wildman–Crippen LogP) is 1.81. The summed E-state index contributed by atoms with van der Waals surface area (Å²) in [5, 5.41) is 3.23. The number of likely N-dealkylation sites (N-methyl/N-ethyl adjacent to an activating group) is 1. The molecule has 4 nitrogen and oxygen atoms in total. The third kappa shape index (κ3) is 3.33. The van der Waals surface area contributed by atoms with Crippen LogP contribution in [0.4, 0.5) is 0 Å². The Morgan fingerprint density at radius 1 is 1.18 bits per heavy atom. The Hall–Kier alpha value is -0.610. The number of carbonyl (C=O) groups excluding carboxylic acids is 1. The van der Waals surface area contributed by atoms with Gasteiger partial charge in [0.25, 0.3) is 0 Å². The highest BCUT2D eigenvalue weighted by Crippen LogP contribution is 2.61. The van der Waals surface area contributed by atoms with Crippen LogP contribution in [0.15, 0.2) is 0 Å². The van der Waals surface area contributed by atoms with E-state index in [4.69, 9.17) is 0 Å². The van der Waals surface area contributed by atoms with Gasteiger partial charge in [-0.3, -0.25) is 9.69 Å². The van der Waals surface area contributed by atoms with Crippen LogP contribution < -0.4 is 5.32 Å². The van der Waals surface area contributed by atoms with Gasteiger partial charge in [-0.05, 0) is 69.0 Å². The maximum Gasteiger partial charge on any atom is 0.234 e. The number of amides is 1. The highest BCUT2D eigenvalue weighted by molar-refractivity contribution is 5.78. The van der Waals surface area contributed by atoms with Crippen molar-refractivity contribution >= 4 is 5.91 Å². The van der Waals surface area contributed by atoms with Gasteiger partial charge in [-0.15, -0.1) is 0 Å². The number of fused-ring (bicyclic) bond motifs is 2. The van der Waals surface area contributed by atoms with Crippen LogP contribution in [0, 0.1) is 23.2 Å². The molecule has 1 N–H and O–H groups in total. The lowest BCUT2D eigenvalue weighted by atomic mass is 9.45. The molecule has 4 rings (SSSR count). The maximum absolute atomic E-state index is 12.3. The van der Waals surface area contributed by atoms with Crippen molar-refractivity contribution < 1.29 is 4.79 Å². The molecule has 0 unspecified atom stereocenters. The van der Waals surface area contributed by atoms with Gasteiger partial charge in [0, 0.05) is 19.6 Å². The fourth-order valence-electron chi connectivity index (χ4n) is 4.97. The van der Waals surface area contributed by atoms with E-state index < -0.39 is 0 Å². The molecule has 22 heavy (non-hydrogen) atoms. The van der Waals surface area contributed by atoms with E-state index in [9.17, 15) is 4.79 Å². The number of nitrogens with zero attached hydrogens (tertiary/aromatic N) is 2. The zero-order valence-corrected chi connectivity index (χ0v) is 14.6. The second-order valence-electron chi connectivity index (χ2n) is 8.43. The number of carbonyl (C=O) groups is 1. The van der Waals surface area contributed by atoms with Gasteiger partial charge in [0.1, 0.15) is 0 Å². The van der Waals surface area contributed by atoms with E-state index in [1.54, 1.807) is 0 Å². The minimum atomic E-state index is 0.226. The molecule has 0 spiro atoms. The van der Waals surface area contributed by atoms with Gasteiger partial charge in [-0.2, -0.15) is 0 Å². The lowest BCUT2D eigenvalue weighted by Crippen LogP contribution is -2.55. The van der Waals surface area contributed by atoms with Crippen LogP contribution in [0.1, 0.15) is 39.5 Å². The van der Waals surface area contributed by atoms with E-state index in [-0.39, 0.29) is 5.91 Å². The van der Waals surface area contributed by atoms with Crippen molar-refractivity contribution in [1.29, 1.82) is 0 Å². The molecule has 0 aromatic heterocycles. The average molecular weight is 307 g/mol. The Balaban J connectivity index is 1.41. The molecule has 3 atom stereocenters. The first-order valence-electron chi connectivity index (χ1n) is 9.14. The van der Waals surface area contributed by atoms with Crippen molar-refractivity contribution in [3.8, 4) is 0 Å². The zero-order chi connectivity index (χ0) is 15.7. The molecule has 2 bridgehead atoms. The largest absolute Gasteiger partial charge is 0.355 e. The summed E-state index contributed by atoms with van der Waals surface area (Å²) in [6.45, 7) is 10.6. The topological polar surface area (TPSA) is 35.6 Å². The SMILES string of the molecule is CN1CCCN(CC(=O)NC[C@H]2CC[C@@H]3C[C@H]2C3(C)C)CC1. The van der Waals surface area contributed by atoms with Crippen molar-refractivity contribution in [3.05, 3.63) is 0 Å². The van der Waals surface area contributed by atoms with Crippen LogP contribution in [0.3, 0.4) is 0 Å². The molecule has 4 heteroatoms. The molecule has 0 aromatic carbocycles. The Kier molecular flexibility index (Phi) is 4.79. The molecular formula is C18H33N3O. The van der Waals surface area contributed by atoms with E-state index in [0.29, 0.717) is 17.9 Å².